The van der Waals surface area contributed by atoms with E-state index in [4.69, 9.17) is 26.2 Å². The standard InChI is InChI=1S/C22H39N7O11/c23-10-17(31)26-25-16(30)4-2-1-3-5-24-18(32)11-27(6-8-28(12-19(33)34)13-20(35)36)7-9-29(14-21(37)38)15-22(39)40/h1-15,23H2,(H,24,32)(H,25,30)(H,26,31)(H,33,34)(H,35,36)(H,37,38)(H,39,40). The van der Waals surface area contributed by atoms with E-state index in [1.54, 1.807) is 4.90 Å². The highest BCUT2D eigenvalue weighted by atomic mass is 16.4. The summed E-state index contributed by atoms with van der Waals surface area (Å²) in [6, 6.07) is 0. The van der Waals surface area contributed by atoms with E-state index in [1.165, 1.54) is 0 Å². The molecule has 3 amide bonds. The second-order valence-electron chi connectivity index (χ2n) is 8.73. The van der Waals surface area contributed by atoms with Crippen LogP contribution in [0.1, 0.15) is 25.7 Å². The minimum Gasteiger partial charge on any atom is -0.480 e. The van der Waals surface area contributed by atoms with Gasteiger partial charge in [0, 0.05) is 39.1 Å². The predicted octanol–water partition coefficient (Wildman–Crippen LogP) is -3.99. The van der Waals surface area contributed by atoms with E-state index in [2.05, 4.69) is 16.2 Å². The minimum atomic E-state index is -1.24. The number of amides is 3. The third-order valence-corrected chi connectivity index (χ3v) is 5.20. The van der Waals surface area contributed by atoms with Gasteiger partial charge in [0.15, 0.2) is 0 Å². The molecule has 0 spiro atoms. The van der Waals surface area contributed by atoms with Crippen LogP contribution in [0.5, 0.6) is 0 Å². The van der Waals surface area contributed by atoms with Crippen molar-refractivity contribution in [3.8, 4) is 0 Å². The van der Waals surface area contributed by atoms with Gasteiger partial charge in [0.25, 0.3) is 5.91 Å². The summed E-state index contributed by atoms with van der Waals surface area (Å²) in [5.41, 5.74) is 9.46. The van der Waals surface area contributed by atoms with Crippen LogP contribution in [0, 0.1) is 0 Å². The highest BCUT2D eigenvalue weighted by molar-refractivity contribution is 5.82. The van der Waals surface area contributed by atoms with Crippen LogP contribution in [0.4, 0.5) is 0 Å². The number of carboxylic acid groups (broad SMARTS) is 4. The van der Waals surface area contributed by atoms with Crippen molar-refractivity contribution in [1.29, 1.82) is 0 Å². The van der Waals surface area contributed by atoms with Crippen LogP contribution in [-0.2, 0) is 33.6 Å². The quantitative estimate of drug-likeness (QED) is 0.0425. The zero-order valence-electron chi connectivity index (χ0n) is 22.2. The van der Waals surface area contributed by atoms with E-state index in [0.29, 0.717) is 19.3 Å². The Morgan fingerprint density at radius 2 is 0.950 bits per heavy atom. The van der Waals surface area contributed by atoms with Crippen LogP contribution in [0.15, 0.2) is 0 Å². The monoisotopic (exact) mass is 577 g/mol. The summed E-state index contributed by atoms with van der Waals surface area (Å²) in [7, 11) is 0. The van der Waals surface area contributed by atoms with Gasteiger partial charge < -0.3 is 31.5 Å². The molecule has 18 nitrogen and oxygen atoms in total. The van der Waals surface area contributed by atoms with Crippen molar-refractivity contribution < 1.29 is 54.0 Å². The Bertz CT molecular complexity index is 800. The first-order valence-corrected chi connectivity index (χ1v) is 12.4. The number of carbonyl (C=O) groups is 7. The molecule has 9 N–H and O–H groups in total. The van der Waals surface area contributed by atoms with Crippen LogP contribution in [0.25, 0.3) is 0 Å². The van der Waals surface area contributed by atoms with E-state index in [1.807, 2.05) is 0 Å². The lowest BCUT2D eigenvalue weighted by molar-refractivity contribution is -0.143. The summed E-state index contributed by atoms with van der Waals surface area (Å²) in [4.78, 5) is 83.2. The lowest BCUT2D eigenvalue weighted by atomic mass is 10.2. The van der Waals surface area contributed by atoms with Gasteiger partial charge in [-0.25, -0.2) is 0 Å². The number of rotatable bonds is 23. The summed E-state index contributed by atoms with van der Waals surface area (Å²) in [6.07, 6.45) is 1.79. The Morgan fingerprint density at radius 3 is 1.38 bits per heavy atom. The molecular weight excluding hydrogens is 538 g/mol. The van der Waals surface area contributed by atoms with Gasteiger partial charge in [0.1, 0.15) is 0 Å². The average Bonchev–Trinajstić information content (AvgIpc) is 2.84. The maximum absolute atomic E-state index is 12.5. The minimum absolute atomic E-state index is 0.0302. The van der Waals surface area contributed by atoms with Gasteiger partial charge in [-0.05, 0) is 12.8 Å². The van der Waals surface area contributed by atoms with Crippen LogP contribution >= 0.6 is 0 Å². The maximum atomic E-state index is 12.5. The summed E-state index contributed by atoms with van der Waals surface area (Å²) in [5.74, 6) is -6.28. The molecule has 0 bridgehead atoms. The molecule has 0 aromatic carbocycles. The molecule has 228 valence electrons. The van der Waals surface area contributed by atoms with Crippen LogP contribution in [0.3, 0.4) is 0 Å². The van der Waals surface area contributed by atoms with Crippen molar-refractivity contribution in [3.05, 3.63) is 0 Å². The van der Waals surface area contributed by atoms with Crippen molar-refractivity contribution in [2.75, 3.05) is 72.0 Å². The topological polar surface area (TPSA) is 272 Å². The molecule has 40 heavy (non-hydrogen) atoms. The second-order valence-corrected chi connectivity index (χ2v) is 8.73. The van der Waals surface area contributed by atoms with Crippen LogP contribution in [-0.4, -0.2) is 149 Å². The van der Waals surface area contributed by atoms with E-state index >= 15 is 0 Å². The first-order valence-electron chi connectivity index (χ1n) is 12.4. The molecule has 0 fully saturated rings. The maximum Gasteiger partial charge on any atom is 0.317 e. The Kier molecular flexibility index (Phi) is 19.0. The predicted molar refractivity (Wildman–Crippen MR) is 137 cm³/mol. The van der Waals surface area contributed by atoms with E-state index in [-0.39, 0.29) is 58.1 Å². The van der Waals surface area contributed by atoms with Gasteiger partial charge in [-0.2, -0.15) is 0 Å². The fourth-order valence-corrected chi connectivity index (χ4v) is 3.36. The number of carbonyl (C=O) groups excluding carboxylic acids is 3. The third-order valence-electron chi connectivity index (χ3n) is 5.20. The number of nitrogens with two attached hydrogens (primary N) is 1. The molecule has 18 heteroatoms. The van der Waals surface area contributed by atoms with Gasteiger partial charge in [-0.1, -0.05) is 6.42 Å². The van der Waals surface area contributed by atoms with Crippen molar-refractivity contribution in [2.24, 2.45) is 5.73 Å². The molecule has 0 atom stereocenters. The van der Waals surface area contributed by atoms with Gasteiger partial charge >= 0.3 is 23.9 Å². The Balaban J connectivity index is 4.86. The van der Waals surface area contributed by atoms with Gasteiger partial charge in [0.05, 0.1) is 39.3 Å². The number of aliphatic carboxylic acids is 4. The fraction of sp³-hybridized carbons (Fsp3) is 0.682. The molecule has 0 aromatic rings. The lowest BCUT2D eigenvalue weighted by Crippen LogP contribution is -2.47. The van der Waals surface area contributed by atoms with Crippen molar-refractivity contribution in [3.63, 3.8) is 0 Å². The Hall–Kier alpha value is -3.87. The first kappa shape index (κ1) is 36.1. The molecule has 0 aromatic heterocycles. The molecule has 0 aliphatic rings. The van der Waals surface area contributed by atoms with Crippen LogP contribution < -0.4 is 21.9 Å². The highest BCUT2D eigenvalue weighted by Gasteiger charge is 2.19. The number of nitrogens with one attached hydrogen (secondary N) is 3. The van der Waals surface area contributed by atoms with Gasteiger partial charge in [0.2, 0.25) is 11.8 Å². The largest absolute Gasteiger partial charge is 0.480 e. The normalized spacial score (nSPS) is 10.9. The second kappa shape index (κ2) is 21.0. The van der Waals surface area contributed by atoms with E-state index < -0.39 is 61.9 Å². The molecule has 0 saturated carbocycles. The Morgan fingerprint density at radius 1 is 0.525 bits per heavy atom. The molecular formula is C22H39N7O11. The molecule has 0 aliphatic heterocycles. The number of hydrogen-bond acceptors (Lipinski definition) is 11. The van der Waals surface area contributed by atoms with Crippen LogP contribution in [0.2, 0.25) is 0 Å². The van der Waals surface area contributed by atoms with Crippen molar-refractivity contribution in [1.82, 2.24) is 30.9 Å². The molecule has 0 aliphatic carbocycles. The number of carboxylic acids is 4. The summed E-state index contributed by atoms with van der Waals surface area (Å²) < 4.78 is 0. The summed E-state index contributed by atoms with van der Waals surface area (Å²) >= 11 is 0. The first-order chi connectivity index (χ1) is 18.8. The van der Waals surface area contributed by atoms with E-state index in [9.17, 15) is 33.6 Å². The Labute approximate surface area is 230 Å². The average molecular weight is 578 g/mol. The number of hydrazine groups is 1. The number of nitrogens with zero attached hydrogens (tertiary/aromatic N) is 3. The zero-order valence-corrected chi connectivity index (χ0v) is 22.2. The molecule has 0 radical (unpaired) electrons. The summed E-state index contributed by atoms with van der Waals surface area (Å²) in [5, 5.41) is 38.8. The zero-order chi connectivity index (χ0) is 30.5. The van der Waals surface area contributed by atoms with Gasteiger partial charge in [-0.3, -0.25) is 59.1 Å². The molecule has 0 heterocycles. The van der Waals surface area contributed by atoms with Crippen molar-refractivity contribution >= 4 is 41.6 Å². The smallest absolute Gasteiger partial charge is 0.317 e. The third kappa shape index (κ3) is 21.1. The lowest BCUT2D eigenvalue weighted by Gasteiger charge is -2.28. The van der Waals surface area contributed by atoms with Gasteiger partial charge in [-0.15, -0.1) is 0 Å². The fourth-order valence-electron chi connectivity index (χ4n) is 3.36. The van der Waals surface area contributed by atoms with Crippen molar-refractivity contribution in [2.45, 2.75) is 25.7 Å². The van der Waals surface area contributed by atoms with E-state index in [0.717, 1.165) is 9.80 Å². The molecule has 0 rings (SSSR count). The number of hydrogen-bond donors (Lipinski definition) is 8. The number of unbranched alkanes of at least 4 members (excludes halogenated alkanes) is 2. The SMILES string of the molecule is NCC(=O)NNC(=O)CCCCCNC(=O)CN(CCN(CC(=O)O)CC(=O)O)CCN(CC(=O)O)CC(=O)O. The summed E-state index contributed by atoms with van der Waals surface area (Å²) in [6.45, 7) is -2.31. The molecule has 0 saturated heterocycles. The highest BCUT2D eigenvalue weighted by Crippen LogP contribution is 2.00. The molecule has 0 unspecified atom stereocenters.